The number of carbonyl (C=O) groups excluding carboxylic acids is 3. The summed E-state index contributed by atoms with van der Waals surface area (Å²) in [5.74, 6) is -0.545. The standard InChI is InChI=1S/C15H21N5O5S/c1-8-10(13(22)18-14(23)17-8)5-12-19-20-15(25-12)26-7-11(21)16-6-9-3-2-4-24-9/h8-10H,2-7H2,1H3,(H,16,21)(H2,17,18,22,23). The minimum absolute atomic E-state index is 0.100. The second kappa shape index (κ2) is 8.49. The third kappa shape index (κ3) is 4.94. The van der Waals surface area contributed by atoms with E-state index in [0.29, 0.717) is 6.54 Å². The van der Waals surface area contributed by atoms with Crippen molar-refractivity contribution in [1.29, 1.82) is 0 Å². The molecule has 142 valence electrons. The molecule has 2 saturated heterocycles. The molecule has 4 amide bonds. The van der Waals surface area contributed by atoms with Gasteiger partial charge in [0.1, 0.15) is 0 Å². The number of ether oxygens (including phenoxy) is 1. The Morgan fingerprint density at radius 2 is 2.23 bits per heavy atom. The van der Waals surface area contributed by atoms with E-state index in [4.69, 9.17) is 9.15 Å². The van der Waals surface area contributed by atoms with E-state index in [0.717, 1.165) is 31.2 Å². The predicted octanol–water partition coefficient (Wildman–Crippen LogP) is -0.156. The Morgan fingerprint density at radius 1 is 1.38 bits per heavy atom. The van der Waals surface area contributed by atoms with Crippen molar-refractivity contribution in [2.24, 2.45) is 5.92 Å². The molecule has 0 bridgehead atoms. The maximum absolute atomic E-state index is 11.9. The third-order valence-corrected chi connectivity index (χ3v) is 5.07. The van der Waals surface area contributed by atoms with Gasteiger partial charge in [0, 0.05) is 25.6 Å². The van der Waals surface area contributed by atoms with Crippen LogP contribution in [0.2, 0.25) is 0 Å². The van der Waals surface area contributed by atoms with Gasteiger partial charge in [-0.15, -0.1) is 10.2 Å². The summed E-state index contributed by atoms with van der Waals surface area (Å²) in [6.45, 7) is 3.00. The van der Waals surface area contributed by atoms with Crippen LogP contribution in [-0.2, 0) is 20.7 Å². The molecule has 26 heavy (non-hydrogen) atoms. The maximum Gasteiger partial charge on any atom is 0.321 e. The zero-order chi connectivity index (χ0) is 18.5. The summed E-state index contributed by atoms with van der Waals surface area (Å²) >= 11 is 1.13. The number of imide groups is 1. The molecule has 3 rings (SSSR count). The first-order valence-corrected chi connectivity index (χ1v) is 9.44. The van der Waals surface area contributed by atoms with E-state index < -0.39 is 11.9 Å². The first-order valence-electron chi connectivity index (χ1n) is 8.46. The van der Waals surface area contributed by atoms with E-state index in [2.05, 4.69) is 26.1 Å². The van der Waals surface area contributed by atoms with Gasteiger partial charge in [-0.1, -0.05) is 11.8 Å². The fraction of sp³-hybridized carbons (Fsp3) is 0.667. The average Bonchev–Trinajstić information content (AvgIpc) is 3.26. The van der Waals surface area contributed by atoms with Gasteiger partial charge >= 0.3 is 6.03 Å². The smallest absolute Gasteiger partial charge is 0.321 e. The van der Waals surface area contributed by atoms with Crippen molar-refractivity contribution in [3.63, 3.8) is 0 Å². The Labute approximate surface area is 154 Å². The van der Waals surface area contributed by atoms with Crippen LogP contribution in [0.3, 0.4) is 0 Å². The number of amides is 4. The molecule has 3 atom stereocenters. The summed E-state index contributed by atoms with van der Waals surface area (Å²) in [5.41, 5.74) is 0. The summed E-state index contributed by atoms with van der Waals surface area (Å²) in [5, 5.41) is 15.7. The summed E-state index contributed by atoms with van der Waals surface area (Å²) < 4.78 is 10.9. The maximum atomic E-state index is 11.9. The number of hydrogen-bond acceptors (Lipinski definition) is 8. The molecule has 3 N–H and O–H groups in total. The molecule has 10 nitrogen and oxygen atoms in total. The van der Waals surface area contributed by atoms with Crippen molar-refractivity contribution in [2.75, 3.05) is 18.9 Å². The minimum atomic E-state index is -0.505. The second-order valence-corrected chi connectivity index (χ2v) is 7.18. The molecule has 2 aliphatic rings. The van der Waals surface area contributed by atoms with Crippen molar-refractivity contribution in [3.05, 3.63) is 5.89 Å². The molecule has 2 aliphatic heterocycles. The van der Waals surface area contributed by atoms with Gasteiger partial charge < -0.3 is 19.8 Å². The lowest BCUT2D eigenvalue weighted by Gasteiger charge is -2.27. The largest absolute Gasteiger partial charge is 0.416 e. The quantitative estimate of drug-likeness (QED) is 0.553. The number of nitrogens with zero attached hydrogens (tertiary/aromatic N) is 2. The van der Waals surface area contributed by atoms with Crippen LogP contribution in [0.5, 0.6) is 0 Å². The number of aromatic nitrogens is 2. The van der Waals surface area contributed by atoms with Crippen molar-refractivity contribution in [3.8, 4) is 0 Å². The Bertz CT molecular complexity index is 675. The molecule has 1 aromatic rings. The van der Waals surface area contributed by atoms with Gasteiger partial charge in [0.2, 0.25) is 17.7 Å². The van der Waals surface area contributed by atoms with E-state index in [1.807, 2.05) is 0 Å². The zero-order valence-electron chi connectivity index (χ0n) is 14.3. The first-order chi connectivity index (χ1) is 12.5. The van der Waals surface area contributed by atoms with Gasteiger partial charge in [0.05, 0.1) is 17.8 Å². The minimum Gasteiger partial charge on any atom is -0.416 e. The van der Waals surface area contributed by atoms with Crippen LogP contribution in [0.25, 0.3) is 0 Å². The molecule has 1 aromatic heterocycles. The van der Waals surface area contributed by atoms with Crippen LogP contribution in [0.15, 0.2) is 9.64 Å². The topological polar surface area (TPSA) is 135 Å². The predicted molar refractivity (Wildman–Crippen MR) is 90.3 cm³/mol. The van der Waals surface area contributed by atoms with Crippen LogP contribution < -0.4 is 16.0 Å². The monoisotopic (exact) mass is 383 g/mol. The molecule has 0 spiro atoms. The van der Waals surface area contributed by atoms with Crippen LogP contribution in [0, 0.1) is 5.92 Å². The second-order valence-electron chi connectivity index (χ2n) is 6.25. The number of thioether (sulfide) groups is 1. The SMILES string of the molecule is CC1NC(=O)NC(=O)C1Cc1nnc(SCC(=O)NCC2CCCO2)o1. The molecule has 0 saturated carbocycles. The molecule has 2 fully saturated rings. The molecule has 3 unspecified atom stereocenters. The molecule has 0 aromatic carbocycles. The van der Waals surface area contributed by atoms with E-state index in [1.54, 1.807) is 6.92 Å². The summed E-state index contributed by atoms with van der Waals surface area (Å²) in [6.07, 6.45) is 2.31. The molecular formula is C15H21N5O5S. The fourth-order valence-corrected chi connectivity index (χ4v) is 3.43. The normalized spacial score (nSPS) is 25.7. The summed E-state index contributed by atoms with van der Waals surface area (Å²) in [4.78, 5) is 35.0. The van der Waals surface area contributed by atoms with E-state index >= 15 is 0 Å². The van der Waals surface area contributed by atoms with E-state index in [9.17, 15) is 14.4 Å². The van der Waals surface area contributed by atoms with Crippen LogP contribution >= 0.6 is 11.8 Å². The molecule has 0 aliphatic carbocycles. The average molecular weight is 383 g/mol. The number of hydrogen-bond donors (Lipinski definition) is 3. The lowest BCUT2D eigenvalue weighted by molar-refractivity contribution is -0.125. The van der Waals surface area contributed by atoms with Crippen molar-refractivity contribution in [2.45, 2.75) is 43.6 Å². The summed E-state index contributed by atoms with van der Waals surface area (Å²) in [6, 6.07) is -0.836. The number of rotatable bonds is 7. The van der Waals surface area contributed by atoms with Crippen LogP contribution in [0.1, 0.15) is 25.7 Å². The van der Waals surface area contributed by atoms with Gasteiger partial charge in [-0.2, -0.15) is 0 Å². The highest BCUT2D eigenvalue weighted by molar-refractivity contribution is 7.99. The van der Waals surface area contributed by atoms with Gasteiger partial charge in [0.25, 0.3) is 5.22 Å². The van der Waals surface area contributed by atoms with E-state index in [1.165, 1.54) is 0 Å². The molecule has 11 heteroatoms. The Kier molecular flexibility index (Phi) is 6.09. The third-order valence-electron chi connectivity index (χ3n) is 4.26. The fourth-order valence-electron chi connectivity index (χ4n) is 2.82. The first kappa shape index (κ1) is 18.6. The number of carbonyl (C=O) groups is 3. The highest BCUT2D eigenvalue weighted by atomic mass is 32.2. The zero-order valence-corrected chi connectivity index (χ0v) is 15.1. The van der Waals surface area contributed by atoms with Crippen LogP contribution in [-0.4, -0.2) is 59.1 Å². The molecule has 0 radical (unpaired) electrons. The van der Waals surface area contributed by atoms with Crippen molar-refractivity contribution in [1.82, 2.24) is 26.1 Å². The van der Waals surface area contributed by atoms with Crippen molar-refractivity contribution >= 4 is 29.6 Å². The molecule has 3 heterocycles. The van der Waals surface area contributed by atoms with E-state index in [-0.39, 0.29) is 47.2 Å². The lowest BCUT2D eigenvalue weighted by atomic mass is 9.95. The van der Waals surface area contributed by atoms with Gasteiger partial charge in [-0.25, -0.2) is 4.79 Å². The van der Waals surface area contributed by atoms with Crippen LogP contribution in [0.4, 0.5) is 4.79 Å². The lowest BCUT2D eigenvalue weighted by Crippen LogP contribution is -2.57. The highest BCUT2D eigenvalue weighted by Gasteiger charge is 2.34. The summed E-state index contributed by atoms with van der Waals surface area (Å²) in [7, 11) is 0. The number of urea groups is 1. The Morgan fingerprint density at radius 3 is 2.96 bits per heavy atom. The Balaban J connectivity index is 1.43. The Hall–Kier alpha value is -2.14. The highest BCUT2D eigenvalue weighted by Crippen LogP contribution is 2.20. The van der Waals surface area contributed by atoms with Gasteiger partial charge in [-0.3, -0.25) is 14.9 Å². The van der Waals surface area contributed by atoms with Crippen molar-refractivity contribution < 1.29 is 23.5 Å². The number of nitrogens with one attached hydrogen (secondary N) is 3. The van der Waals surface area contributed by atoms with Gasteiger partial charge in [0.15, 0.2) is 0 Å². The molecular weight excluding hydrogens is 362 g/mol. The van der Waals surface area contributed by atoms with Gasteiger partial charge in [-0.05, 0) is 19.8 Å².